The molecule has 1 aliphatic rings. The number of carbonyl (C=O) groups is 1. The number of anilines is 1. The molecule has 0 bridgehead atoms. The second kappa shape index (κ2) is 10.4. The molecule has 0 spiro atoms. The molecule has 3 aromatic heterocycles. The molecule has 0 radical (unpaired) electrons. The third-order valence-corrected chi connectivity index (χ3v) is 6.91. The van der Waals surface area contributed by atoms with Crippen molar-refractivity contribution < 1.29 is 9.53 Å². The fraction of sp³-hybridized carbons (Fsp3) is 0.409. The largest absolute Gasteiger partial charge is 0.365 e. The molecule has 2 N–H and O–H groups in total. The highest BCUT2D eigenvalue weighted by Crippen LogP contribution is 2.30. The van der Waals surface area contributed by atoms with Crippen LogP contribution in [0.2, 0.25) is 0 Å². The van der Waals surface area contributed by atoms with Crippen molar-refractivity contribution in [2.75, 3.05) is 32.2 Å². The normalized spacial score (nSPS) is 14.3. The molecule has 1 amide bonds. The number of nitrogens with one attached hydrogen (secondary N) is 2. The molecule has 0 unspecified atom stereocenters. The molecule has 33 heavy (non-hydrogen) atoms. The van der Waals surface area contributed by atoms with Crippen LogP contribution in [0.4, 0.5) is 5.69 Å². The minimum absolute atomic E-state index is 0.254. The number of methoxy groups -OCH3 is 1. The van der Waals surface area contributed by atoms with Gasteiger partial charge in [0.15, 0.2) is 10.9 Å². The fourth-order valence-electron chi connectivity index (χ4n) is 3.85. The molecular weight excluding hydrogens is 458 g/mol. The van der Waals surface area contributed by atoms with Gasteiger partial charge in [-0.05, 0) is 57.1 Å². The quantitative estimate of drug-likeness (QED) is 0.406. The second-order valence-corrected chi connectivity index (χ2v) is 9.19. The summed E-state index contributed by atoms with van der Waals surface area (Å²) in [4.78, 5) is 24.2. The number of hydrogen-bond donors (Lipinski definition) is 2. The molecular formula is C22H27N7O2S2. The standard InChI is InChI=1S/C22H27N7O2S2/c1-14-11-15(2)29(27-14)19-17(5-4-8-23-19)25-20(30)18-12-33-21(26-18)16-6-9-28(10-7-16)22(32)24-13-31-3/h4-5,8,11-12,16H,6-7,9-10,13H2,1-3H3,(H,24,32)(H,25,30). The van der Waals surface area contributed by atoms with Crippen molar-refractivity contribution in [2.24, 2.45) is 0 Å². The van der Waals surface area contributed by atoms with Gasteiger partial charge in [-0.25, -0.2) is 14.6 Å². The summed E-state index contributed by atoms with van der Waals surface area (Å²) in [6, 6.07) is 5.58. The van der Waals surface area contributed by atoms with E-state index < -0.39 is 0 Å². The molecule has 0 aliphatic carbocycles. The average Bonchev–Trinajstić information content (AvgIpc) is 3.44. The molecule has 9 nitrogen and oxygen atoms in total. The Morgan fingerprint density at radius 1 is 1.33 bits per heavy atom. The highest BCUT2D eigenvalue weighted by atomic mass is 32.1. The predicted molar refractivity (Wildman–Crippen MR) is 132 cm³/mol. The van der Waals surface area contributed by atoms with E-state index in [0.717, 1.165) is 42.3 Å². The van der Waals surface area contributed by atoms with Crippen LogP contribution in [0.1, 0.15) is 45.6 Å². The molecule has 1 fully saturated rings. The zero-order valence-electron chi connectivity index (χ0n) is 18.9. The van der Waals surface area contributed by atoms with E-state index in [1.54, 1.807) is 24.1 Å². The van der Waals surface area contributed by atoms with E-state index in [-0.39, 0.29) is 5.91 Å². The summed E-state index contributed by atoms with van der Waals surface area (Å²) >= 11 is 6.94. The third kappa shape index (κ3) is 5.37. The number of aryl methyl sites for hydroxylation is 2. The van der Waals surface area contributed by atoms with Gasteiger partial charge in [0.2, 0.25) is 0 Å². The van der Waals surface area contributed by atoms with Crippen LogP contribution in [0.5, 0.6) is 0 Å². The maximum Gasteiger partial charge on any atom is 0.275 e. The number of pyridine rings is 1. The number of ether oxygens (including phenoxy) is 1. The van der Waals surface area contributed by atoms with Gasteiger partial charge in [-0.2, -0.15) is 5.10 Å². The van der Waals surface area contributed by atoms with Crippen LogP contribution in [-0.4, -0.2) is 62.6 Å². The zero-order chi connectivity index (χ0) is 23.4. The van der Waals surface area contributed by atoms with Gasteiger partial charge in [0.05, 0.1) is 16.4 Å². The van der Waals surface area contributed by atoms with E-state index in [4.69, 9.17) is 17.0 Å². The fourth-order valence-corrected chi connectivity index (χ4v) is 5.06. The lowest BCUT2D eigenvalue weighted by atomic mass is 9.98. The van der Waals surface area contributed by atoms with Crippen molar-refractivity contribution in [3.8, 4) is 5.82 Å². The number of likely N-dealkylation sites (tertiary alicyclic amines) is 1. The minimum Gasteiger partial charge on any atom is -0.365 e. The summed E-state index contributed by atoms with van der Waals surface area (Å²) in [6.07, 6.45) is 3.56. The van der Waals surface area contributed by atoms with Gasteiger partial charge >= 0.3 is 0 Å². The number of aromatic nitrogens is 4. The van der Waals surface area contributed by atoms with E-state index in [2.05, 4.69) is 30.6 Å². The highest BCUT2D eigenvalue weighted by molar-refractivity contribution is 7.80. The van der Waals surface area contributed by atoms with Gasteiger partial charge < -0.3 is 20.3 Å². The number of amides is 1. The van der Waals surface area contributed by atoms with Crippen molar-refractivity contribution in [1.82, 2.24) is 30.0 Å². The molecule has 0 aromatic carbocycles. The van der Waals surface area contributed by atoms with Gasteiger partial charge in [-0.15, -0.1) is 11.3 Å². The SMILES string of the molecule is COCNC(=S)N1CCC(c2nc(C(=O)Nc3cccnc3-n3nc(C)cc3C)cs2)CC1. The van der Waals surface area contributed by atoms with E-state index in [0.29, 0.717) is 35.0 Å². The lowest BCUT2D eigenvalue weighted by Crippen LogP contribution is -2.44. The topological polar surface area (TPSA) is 97.2 Å². The van der Waals surface area contributed by atoms with Crippen LogP contribution in [0.15, 0.2) is 29.8 Å². The Bertz CT molecular complexity index is 1140. The Kier molecular flexibility index (Phi) is 7.31. The van der Waals surface area contributed by atoms with Crippen molar-refractivity contribution >= 4 is 40.3 Å². The summed E-state index contributed by atoms with van der Waals surface area (Å²) in [5.74, 6) is 0.648. The first-order valence-corrected chi connectivity index (χ1v) is 12.0. The van der Waals surface area contributed by atoms with Crippen LogP contribution in [-0.2, 0) is 4.74 Å². The number of carbonyl (C=O) groups excluding carboxylic acids is 1. The molecule has 4 heterocycles. The van der Waals surface area contributed by atoms with Crippen LogP contribution >= 0.6 is 23.6 Å². The van der Waals surface area contributed by atoms with Crippen LogP contribution in [0.3, 0.4) is 0 Å². The zero-order valence-corrected chi connectivity index (χ0v) is 20.5. The van der Waals surface area contributed by atoms with Gasteiger partial charge in [0.1, 0.15) is 12.4 Å². The Balaban J connectivity index is 1.41. The summed E-state index contributed by atoms with van der Waals surface area (Å²) in [7, 11) is 1.63. The third-order valence-electron chi connectivity index (χ3n) is 5.50. The summed E-state index contributed by atoms with van der Waals surface area (Å²) in [5, 5.41) is 14.0. The smallest absolute Gasteiger partial charge is 0.275 e. The monoisotopic (exact) mass is 485 g/mol. The van der Waals surface area contributed by atoms with Crippen molar-refractivity contribution in [3.63, 3.8) is 0 Å². The Morgan fingerprint density at radius 2 is 2.12 bits per heavy atom. The van der Waals surface area contributed by atoms with E-state index in [1.165, 1.54) is 11.3 Å². The van der Waals surface area contributed by atoms with Gasteiger partial charge in [-0.1, -0.05) is 0 Å². The first-order chi connectivity index (χ1) is 16.0. The number of thiazole rings is 1. The predicted octanol–water partition coefficient (Wildman–Crippen LogP) is 3.25. The van der Waals surface area contributed by atoms with Gasteiger partial charge in [0, 0.05) is 43.4 Å². The summed E-state index contributed by atoms with van der Waals surface area (Å²) in [5.41, 5.74) is 2.84. The maximum absolute atomic E-state index is 13.0. The molecule has 4 rings (SSSR count). The molecule has 1 aliphatic heterocycles. The van der Waals surface area contributed by atoms with Crippen molar-refractivity contribution in [1.29, 1.82) is 0 Å². The number of piperidine rings is 1. The molecule has 3 aromatic rings. The highest BCUT2D eigenvalue weighted by Gasteiger charge is 2.25. The lowest BCUT2D eigenvalue weighted by Gasteiger charge is -2.33. The molecule has 174 valence electrons. The first kappa shape index (κ1) is 23.3. The van der Waals surface area contributed by atoms with Crippen LogP contribution in [0, 0.1) is 13.8 Å². The second-order valence-electron chi connectivity index (χ2n) is 7.91. The molecule has 1 saturated heterocycles. The van der Waals surface area contributed by atoms with E-state index >= 15 is 0 Å². The Morgan fingerprint density at radius 3 is 2.82 bits per heavy atom. The van der Waals surface area contributed by atoms with Crippen LogP contribution < -0.4 is 10.6 Å². The number of nitrogens with zero attached hydrogens (tertiary/aromatic N) is 5. The van der Waals surface area contributed by atoms with Crippen molar-refractivity contribution in [3.05, 3.63) is 51.9 Å². The number of rotatable bonds is 6. The molecule has 0 saturated carbocycles. The average molecular weight is 486 g/mol. The minimum atomic E-state index is -0.254. The van der Waals surface area contributed by atoms with E-state index in [1.807, 2.05) is 31.4 Å². The molecule has 0 atom stereocenters. The van der Waals surface area contributed by atoms with Gasteiger partial charge in [0.25, 0.3) is 5.91 Å². The number of hydrogen-bond acceptors (Lipinski definition) is 7. The maximum atomic E-state index is 13.0. The Labute approximate surface area is 202 Å². The summed E-state index contributed by atoms with van der Waals surface area (Å²) in [6.45, 7) is 5.99. The first-order valence-electron chi connectivity index (χ1n) is 10.7. The Hall–Kier alpha value is -2.89. The molecule has 11 heteroatoms. The van der Waals surface area contributed by atoms with E-state index in [9.17, 15) is 4.79 Å². The van der Waals surface area contributed by atoms with Gasteiger partial charge in [-0.3, -0.25) is 4.79 Å². The van der Waals surface area contributed by atoms with Crippen molar-refractivity contribution in [2.45, 2.75) is 32.6 Å². The number of thiocarbonyl (C=S) groups is 1. The lowest BCUT2D eigenvalue weighted by molar-refractivity contribution is 0.102. The summed E-state index contributed by atoms with van der Waals surface area (Å²) < 4.78 is 6.75. The van der Waals surface area contributed by atoms with Crippen LogP contribution in [0.25, 0.3) is 5.82 Å².